The van der Waals surface area contributed by atoms with Gasteiger partial charge in [0.25, 0.3) is 0 Å². The van der Waals surface area contributed by atoms with Crippen LogP contribution in [0, 0.1) is 0 Å². The fraction of sp³-hybridized carbons (Fsp3) is 0.167. The molecule has 16 heteroatoms. The summed E-state index contributed by atoms with van der Waals surface area (Å²) in [6, 6.07) is 80.8. The SMILES string of the molecule is C=C(C(=C)C1=CCON(c2ccccc2)C1)C1=CCON(c2ccccc2)C1.C=C(C(=C)C1=CCON(c2ccccc2)C1)C1=CCON(c2ccccc2)C1.C=C(C(=C)C1=CCON(c2ccccc2)C1)C1=CCON(c2ccccc2)C1.C=C(C(=C)C1=CCON(c2ccccc2)C1)C1=CCON(c2ccccc2)C1. The van der Waals surface area contributed by atoms with Gasteiger partial charge in [0.15, 0.2) is 0 Å². The maximum atomic E-state index is 5.79. The molecule has 0 saturated carbocycles. The monoisotopic (exact) mass is 1490 g/mol. The van der Waals surface area contributed by atoms with Crippen LogP contribution in [0.25, 0.3) is 0 Å². The minimum Gasteiger partial charge on any atom is -0.269 e. The Hall–Kier alpha value is -12.3. The van der Waals surface area contributed by atoms with Crippen LogP contribution >= 0.6 is 0 Å². The molecule has 0 aromatic heterocycles. The molecule has 0 amide bonds. The lowest BCUT2D eigenvalue weighted by Crippen LogP contribution is -2.32. The van der Waals surface area contributed by atoms with Gasteiger partial charge in [-0.05, 0) is 186 Å². The number of hydrogen-bond acceptors (Lipinski definition) is 16. The lowest BCUT2D eigenvalue weighted by molar-refractivity contribution is 0.129. The van der Waals surface area contributed by atoms with E-state index in [0.717, 1.165) is 135 Å². The van der Waals surface area contributed by atoms with E-state index in [1.807, 2.05) is 283 Å². The van der Waals surface area contributed by atoms with Gasteiger partial charge in [-0.2, -0.15) is 0 Å². The fourth-order valence-electron chi connectivity index (χ4n) is 13.3. The number of benzene rings is 8. The van der Waals surface area contributed by atoms with Gasteiger partial charge < -0.3 is 0 Å². The van der Waals surface area contributed by atoms with Crippen molar-refractivity contribution in [1.29, 1.82) is 0 Å². The third kappa shape index (κ3) is 20.4. The number of hydroxylamine groups is 8. The smallest absolute Gasteiger partial charge is 0.0937 e. The van der Waals surface area contributed by atoms with Gasteiger partial charge in [-0.15, -0.1) is 0 Å². The van der Waals surface area contributed by atoms with E-state index in [4.69, 9.17) is 38.7 Å². The van der Waals surface area contributed by atoms with E-state index in [2.05, 4.69) is 101 Å². The lowest BCUT2D eigenvalue weighted by atomic mass is 9.93. The highest BCUT2D eigenvalue weighted by Gasteiger charge is 2.28. The molecule has 8 aromatic carbocycles. The molecule has 0 N–H and O–H groups in total. The number of nitrogens with zero attached hydrogens (tertiary/aromatic N) is 8. The Morgan fingerprint density at radius 1 is 0.161 bits per heavy atom. The van der Waals surface area contributed by atoms with Gasteiger partial charge in [-0.1, -0.05) is 247 Å². The van der Waals surface area contributed by atoms with Crippen molar-refractivity contribution >= 4 is 45.5 Å². The first-order valence-corrected chi connectivity index (χ1v) is 37.6. The maximum Gasteiger partial charge on any atom is 0.0937 e. The molecule has 0 saturated heterocycles. The predicted molar refractivity (Wildman–Crippen MR) is 456 cm³/mol. The summed E-state index contributed by atoms with van der Waals surface area (Å²) in [4.78, 5) is 46.3. The molecular weight excluding hydrogens is 1390 g/mol. The van der Waals surface area contributed by atoms with Crippen molar-refractivity contribution in [3.63, 3.8) is 0 Å². The predicted octanol–water partition coefficient (Wildman–Crippen LogP) is 19.4. The summed E-state index contributed by atoms with van der Waals surface area (Å²) in [5.74, 6) is 0. The number of para-hydroxylation sites is 8. The zero-order valence-electron chi connectivity index (χ0n) is 63.5. The molecule has 16 nitrogen and oxygen atoms in total. The summed E-state index contributed by atoms with van der Waals surface area (Å²) in [7, 11) is 0. The highest BCUT2D eigenvalue weighted by molar-refractivity contribution is 5.65. The highest BCUT2D eigenvalue weighted by atomic mass is 16.7. The Bertz CT molecular complexity index is 3970. The Labute approximate surface area is 659 Å². The molecule has 8 aliphatic rings. The van der Waals surface area contributed by atoms with Crippen molar-refractivity contribution in [3.8, 4) is 0 Å². The standard InChI is InChI=1S/4C24H24N2O2/c4*1-19(21-13-15-27-25(17-21)23-9-5-3-6-10-23)20(2)22-14-16-28-26(18-22)24-11-7-4-8-12-24/h4*3-14H,1-2,15-18H2. The van der Waals surface area contributed by atoms with E-state index < -0.39 is 0 Å². The molecule has 0 radical (unpaired) electrons. The van der Waals surface area contributed by atoms with E-state index in [1.165, 1.54) is 0 Å². The summed E-state index contributed by atoms with van der Waals surface area (Å²) in [6.45, 7) is 44.0. The Morgan fingerprint density at radius 2 is 0.259 bits per heavy atom. The second kappa shape index (κ2) is 38.8. The van der Waals surface area contributed by atoms with E-state index in [0.29, 0.717) is 105 Å². The summed E-state index contributed by atoms with van der Waals surface area (Å²) in [5.41, 5.74) is 25.0. The number of anilines is 8. The second-order valence-corrected chi connectivity index (χ2v) is 27.0. The van der Waals surface area contributed by atoms with Gasteiger partial charge in [0.05, 0.1) is 151 Å². The summed E-state index contributed by atoms with van der Waals surface area (Å²) in [5, 5.41) is 15.2. The zero-order chi connectivity index (χ0) is 77.4. The topological polar surface area (TPSA) is 99.8 Å². The summed E-state index contributed by atoms with van der Waals surface area (Å²) in [6.07, 6.45) is 16.7. The molecule has 0 aliphatic carbocycles. The highest BCUT2D eigenvalue weighted by Crippen LogP contribution is 2.36. The van der Waals surface area contributed by atoms with Crippen LogP contribution in [0.15, 0.2) is 433 Å². The Kier molecular flexibility index (Phi) is 27.0. The molecule has 568 valence electrons. The molecule has 8 aromatic rings. The van der Waals surface area contributed by atoms with Crippen molar-refractivity contribution in [2.75, 3.05) is 146 Å². The van der Waals surface area contributed by atoms with Crippen LogP contribution in [0.5, 0.6) is 0 Å². The van der Waals surface area contributed by atoms with Gasteiger partial charge in [0, 0.05) is 0 Å². The first-order chi connectivity index (χ1) is 54.9. The first-order valence-electron chi connectivity index (χ1n) is 37.6. The second-order valence-electron chi connectivity index (χ2n) is 27.0. The van der Waals surface area contributed by atoms with Gasteiger partial charge in [0.2, 0.25) is 0 Å². The van der Waals surface area contributed by atoms with E-state index >= 15 is 0 Å². The van der Waals surface area contributed by atoms with Gasteiger partial charge in [-0.3, -0.25) is 38.7 Å². The molecule has 0 bridgehead atoms. The molecule has 8 aliphatic heterocycles. The molecule has 0 unspecified atom stereocenters. The third-order valence-corrected chi connectivity index (χ3v) is 19.9. The number of rotatable bonds is 20. The molecule has 0 atom stereocenters. The average Bonchev–Trinajstić information content (AvgIpc) is 0.830. The Balaban J connectivity index is 0.000000131. The van der Waals surface area contributed by atoms with Crippen molar-refractivity contribution < 1.29 is 38.7 Å². The van der Waals surface area contributed by atoms with Crippen LogP contribution < -0.4 is 40.5 Å². The van der Waals surface area contributed by atoms with Crippen molar-refractivity contribution in [2.24, 2.45) is 0 Å². The van der Waals surface area contributed by atoms with Crippen molar-refractivity contribution in [2.45, 2.75) is 0 Å². The van der Waals surface area contributed by atoms with Gasteiger partial charge in [0.1, 0.15) is 0 Å². The van der Waals surface area contributed by atoms with E-state index in [9.17, 15) is 0 Å². The summed E-state index contributed by atoms with van der Waals surface area (Å²) < 4.78 is 0. The van der Waals surface area contributed by atoms with Crippen molar-refractivity contribution in [1.82, 2.24) is 0 Å². The minimum atomic E-state index is 0.523. The molecule has 0 spiro atoms. The molecule has 16 rings (SSSR count). The van der Waals surface area contributed by atoms with E-state index in [1.54, 1.807) is 0 Å². The summed E-state index contributed by atoms with van der Waals surface area (Å²) >= 11 is 0. The molecule has 8 heterocycles. The van der Waals surface area contributed by atoms with Crippen LogP contribution in [0.4, 0.5) is 45.5 Å². The lowest BCUT2D eigenvalue weighted by Gasteiger charge is -2.32. The van der Waals surface area contributed by atoms with Crippen LogP contribution in [0.1, 0.15) is 0 Å². The van der Waals surface area contributed by atoms with E-state index in [-0.39, 0.29) is 0 Å². The van der Waals surface area contributed by atoms with Crippen LogP contribution in [0.3, 0.4) is 0 Å². The largest absolute Gasteiger partial charge is 0.269 e. The number of hydrogen-bond donors (Lipinski definition) is 0. The van der Waals surface area contributed by atoms with Crippen LogP contribution in [-0.2, 0) is 38.7 Å². The Morgan fingerprint density at radius 3 is 0.357 bits per heavy atom. The molecule has 112 heavy (non-hydrogen) atoms. The average molecular weight is 1490 g/mol. The van der Waals surface area contributed by atoms with Crippen molar-refractivity contribution in [3.05, 3.63) is 433 Å². The first kappa shape index (κ1) is 77.8. The third-order valence-electron chi connectivity index (χ3n) is 19.9. The van der Waals surface area contributed by atoms with Crippen LogP contribution in [-0.4, -0.2) is 105 Å². The zero-order valence-corrected chi connectivity index (χ0v) is 63.5. The minimum absolute atomic E-state index is 0.523. The van der Waals surface area contributed by atoms with Gasteiger partial charge >= 0.3 is 0 Å². The molecule has 0 fully saturated rings. The normalized spacial score (nSPS) is 17.0. The molecular formula is C96H96N8O8. The quantitative estimate of drug-likeness (QED) is 0.0676. The maximum absolute atomic E-state index is 5.79. The van der Waals surface area contributed by atoms with Gasteiger partial charge in [-0.25, -0.2) is 40.5 Å². The fourth-order valence-corrected chi connectivity index (χ4v) is 13.3. The van der Waals surface area contributed by atoms with Crippen LogP contribution in [0.2, 0.25) is 0 Å².